The fourth-order valence-corrected chi connectivity index (χ4v) is 4.95. The van der Waals surface area contributed by atoms with E-state index in [1.807, 2.05) is 0 Å². The van der Waals surface area contributed by atoms with E-state index < -0.39 is 18.0 Å². The van der Waals surface area contributed by atoms with Gasteiger partial charge in [0.15, 0.2) is 5.16 Å². The fraction of sp³-hybridized carbons (Fsp3) is 0.611. The first kappa shape index (κ1) is 20.9. The van der Waals surface area contributed by atoms with Gasteiger partial charge in [-0.2, -0.15) is 13.2 Å². The number of halogens is 3. The highest BCUT2D eigenvalue weighted by molar-refractivity contribution is 7.99. The third-order valence-electron chi connectivity index (χ3n) is 5.54. The maximum absolute atomic E-state index is 12.9. The van der Waals surface area contributed by atoms with Crippen LogP contribution in [0.3, 0.4) is 0 Å². The van der Waals surface area contributed by atoms with Gasteiger partial charge in [-0.3, -0.25) is 14.2 Å². The number of piperidine rings is 1. The Morgan fingerprint density at radius 3 is 2.77 bits per heavy atom. The van der Waals surface area contributed by atoms with Crippen LogP contribution in [0.2, 0.25) is 0 Å². The molecule has 0 aromatic carbocycles. The quantitative estimate of drug-likeness (QED) is 0.674. The molecular weight excluding hydrogens is 423 g/mol. The van der Waals surface area contributed by atoms with Crippen molar-refractivity contribution in [3.8, 4) is 0 Å². The summed E-state index contributed by atoms with van der Waals surface area (Å²) in [5.74, 6) is -1.50. The maximum atomic E-state index is 12.9. The summed E-state index contributed by atoms with van der Waals surface area (Å²) in [5, 5.41) is 7.22. The Hall–Kier alpha value is -2.37. The van der Waals surface area contributed by atoms with Gasteiger partial charge < -0.3 is 9.32 Å². The second kappa shape index (κ2) is 7.71. The molecule has 4 heterocycles. The van der Waals surface area contributed by atoms with Gasteiger partial charge in [-0.25, -0.2) is 4.98 Å². The molecule has 0 saturated carbocycles. The summed E-state index contributed by atoms with van der Waals surface area (Å²) in [7, 11) is 0. The topological polar surface area (TPSA) is 94.1 Å². The normalized spacial score (nSPS) is 21.7. The van der Waals surface area contributed by atoms with Crippen molar-refractivity contribution >= 4 is 17.7 Å². The Bertz CT molecular complexity index is 1040. The highest BCUT2D eigenvalue weighted by atomic mass is 32.2. The predicted octanol–water partition coefficient (Wildman–Crippen LogP) is 2.71. The van der Waals surface area contributed by atoms with Crippen molar-refractivity contribution in [3.05, 3.63) is 33.4 Å². The van der Waals surface area contributed by atoms with Gasteiger partial charge in [0.05, 0.1) is 12.0 Å². The molecule has 162 valence electrons. The number of fused-ring (bicyclic) bond motifs is 1. The lowest BCUT2D eigenvalue weighted by Gasteiger charge is -2.32. The summed E-state index contributed by atoms with van der Waals surface area (Å²) < 4.78 is 44.5. The van der Waals surface area contributed by atoms with Crippen LogP contribution in [0.5, 0.6) is 0 Å². The van der Waals surface area contributed by atoms with Crippen molar-refractivity contribution in [2.75, 3.05) is 18.8 Å². The Morgan fingerprint density at radius 1 is 1.30 bits per heavy atom. The van der Waals surface area contributed by atoms with Crippen molar-refractivity contribution < 1.29 is 22.4 Å². The van der Waals surface area contributed by atoms with Crippen LogP contribution in [0.25, 0.3) is 0 Å². The fourth-order valence-electron chi connectivity index (χ4n) is 3.77. The molecule has 4 rings (SSSR count). The minimum absolute atomic E-state index is 0.104. The summed E-state index contributed by atoms with van der Waals surface area (Å²) in [6, 6.07) is -0.294. The van der Waals surface area contributed by atoms with Gasteiger partial charge in [-0.15, -0.1) is 10.2 Å². The molecule has 0 aliphatic carbocycles. The Balaban J connectivity index is 1.46. The minimum Gasteiger partial charge on any atom is -0.417 e. The second-order valence-corrected chi connectivity index (χ2v) is 8.56. The molecular formula is C18H20F3N5O3S. The van der Waals surface area contributed by atoms with Crippen molar-refractivity contribution in [2.24, 2.45) is 0 Å². The van der Waals surface area contributed by atoms with E-state index in [-0.39, 0.29) is 36.4 Å². The van der Waals surface area contributed by atoms with Crippen LogP contribution in [0.15, 0.2) is 14.4 Å². The zero-order chi connectivity index (χ0) is 21.6. The van der Waals surface area contributed by atoms with E-state index in [0.717, 1.165) is 0 Å². The zero-order valence-corrected chi connectivity index (χ0v) is 17.2. The molecule has 2 aromatic heterocycles. The van der Waals surface area contributed by atoms with E-state index in [0.29, 0.717) is 41.6 Å². The lowest BCUT2D eigenvalue weighted by atomic mass is 9.97. The number of aryl methyl sites for hydroxylation is 1. The number of amides is 1. The number of carbonyl (C=O) groups excluding carboxylic acids is 1. The number of likely N-dealkylation sites (tertiary alicyclic amines) is 1. The Labute approximate surface area is 173 Å². The third-order valence-corrected chi connectivity index (χ3v) is 6.64. The van der Waals surface area contributed by atoms with Crippen LogP contribution >= 0.6 is 11.8 Å². The van der Waals surface area contributed by atoms with Crippen LogP contribution in [0.1, 0.15) is 54.3 Å². The van der Waals surface area contributed by atoms with Crippen LogP contribution in [0, 0.1) is 13.8 Å². The number of hydrogen-bond acceptors (Lipinski definition) is 7. The van der Waals surface area contributed by atoms with E-state index in [2.05, 4.69) is 15.2 Å². The van der Waals surface area contributed by atoms with E-state index >= 15 is 0 Å². The van der Waals surface area contributed by atoms with Crippen molar-refractivity contribution in [1.29, 1.82) is 0 Å². The van der Waals surface area contributed by atoms with Crippen molar-refractivity contribution in [3.63, 3.8) is 0 Å². The number of hydrogen-bond donors (Lipinski definition) is 0. The molecule has 1 amide bonds. The van der Waals surface area contributed by atoms with Gasteiger partial charge in [-0.1, -0.05) is 11.8 Å². The molecule has 0 radical (unpaired) electrons. The molecule has 30 heavy (non-hydrogen) atoms. The summed E-state index contributed by atoms with van der Waals surface area (Å²) in [4.78, 5) is 31.6. The molecule has 0 spiro atoms. The number of rotatable bonds is 3. The molecule has 12 heteroatoms. The lowest BCUT2D eigenvalue weighted by molar-refractivity contribution is -0.157. The smallest absolute Gasteiger partial charge is 0.417 e. The SMILES string of the molecule is Cc1nc2n(c(=O)c1C)[C@@H](CC(=O)N1CCC[C@H](c3nnc(C(F)(F)F)o3)C1)CS2. The number of alkyl halides is 3. The largest absolute Gasteiger partial charge is 0.470 e. The Morgan fingerprint density at radius 2 is 2.07 bits per heavy atom. The lowest BCUT2D eigenvalue weighted by Crippen LogP contribution is -2.40. The van der Waals surface area contributed by atoms with Gasteiger partial charge in [0.25, 0.3) is 5.56 Å². The first-order chi connectivity index (χ1) is 14.1. The molecule has 2 aliphatic heterocycles. The number of carbonyl (C=O) groups is 1. The van der Waals surface area contributed by atoms with Crippen molar-refractivity contribution in [2.45, 2.75) is 56.4 Å². The van der Waals surface area contributed by atoms with Gasteiger partial charge in [-0.05, 0) is 26.7 Å². The summed E-state index contributed by atoms with van der Waals surface area (Å²) in [6.45, 7) is 4.22. The highest BCUT2D eigenvalue weighted by Gasteiger charge is 2.40. The molecule has 2 atom stereocenters. The van der Waals surface area contributed by atoms with Gasteiger partial charge in [0.1, 0.15) is 0 Å². The van der Waals surface area contributed by atoms with E-state index in [1.54, 1.807) is 23.3 Å². The average molecular weight is 443 g/mol. The molecule has 0 unspecified atom stereocenters. The van der Waals surface area contributed by atoms with Crippen LogP contribution in [-0.2, 0) is 11.0 Å². The Kier molecular flexibility index (Phi) is 5.37. The van der Waals surface area contributed by atoms with Crippen LogP contribution in [-0.4, -0.2) is 49.4 Å². The van der Waals surface area contributed by atoms with E-state index in [9.17, 15) is 22.8 Å². The van der Waals surface area contributed by atoms with E-state index in [4.69, 9.17) is 4.42 Å². The first-order valence-corrected chi connectivity index (χ1v) is 10.5. The molecule has 1 fully saturated rings. The van der Waals surface area contributed by atoms with Crippen LogP contribution < -0.4 is 5.56 Å². The molecule has 1 saturated heterocycles. The predicted molar refractivity (Wildman–Crippen MR) is 100 cm³/mol. The van der Waals surface area contributed by atoms with Gasteiger partial charge in [0.2, 0.25) is 11.8 Å². The van der Waals surface area contributed by atoms with Crippen LogP contribution in [0.4, 0.5) is 13.2 Å². The molecule has 8 nitrogen and oxygen atoms in total. The number of thioether (sulfide) groups is 1. The standard InChI is InChI=1S/C18H20F3N5O3S/c1-9-10(2)22-17-26(15(9)28)12(8-30-17)6-13(27)25-5-3-4-11(7-25)14-23-24-16(29-14)18(19,20)21/h11-12H,3-8H2,1-2H3/t11-,12-/m0/s1. The van der Waals surface area contributed by atoms with Gasteiger partial charge in [0, 0.05) is 36.5 Å². The van der Waals surface area contributed by atoms with E-state index in [1.165, 1.54) is 11.8 Å². The zero-order valence-electron chi connectivity index (χ0n) is 16.4. The highest BCUT2D eigenvalue weighted by Crippen LogP contribution is 2.35. The average Bonchev–Trinajstić information content (AvgIpc) is 3.34. The number of nitrogens with zero attached hydrogens (tertiary/aromatic N) is 5. The monoisotopic (exact) mass is 443 g/mol. The van der Waals surface area contributed by atoms with Crippen molar-refractivity contribution in [1.82, 2.24) is 24.6 Å². The first-order valence-electron chi connectivity index (χ1n) is 9.56. The minimum atomic E-state index is -4.69. The summed E-state index contributed by atoms with van der Waals surface area (Å²) >= 11 is 1.45. The third kappa shape index (κ3) is 3.84. The molecule has 0 N–H and O–H groups in total. The molecule has 2 aromatic rings. The summed E-state index contributed by atoms with van der Waals surface area (Å²) in [5.41, 5.74) is 1.11. The van der Waals surface area contributed by atoms with Gasteiger partial charge >= 0.3 is 12.1 Å². The second-order valence-electron chi connectivity index (χ2n) is 7.57. The molecule has 2 aliphatic rings. The number of aromatic nitrogens is 4. The molecule has 0 bridgehead atoms. The maximum Gasteiger partial charge on any atom is 0.470 e. The summed E-state index contributed by atoms with van der Waals surface area (Å²) in [6.07, 6.45) is -3.38.